The molecule has 0 aromatic heterocycles. The van der Waals surface area contributed by atoms with E-state index in [9.17, 15) is 28.0 Å². The van der Waals surface area contributed by atoms with E-state index in [1.54, 1.807) is 6.08 Å². The molecule has 3 unspecified atom stereocenters. The molecule has 0 heterocycles. The molecule has 0 bridgehead atoms. The van der Waals surface area contributed by atoms with Crippen LogP contribution < -0.4 is 5.32 Å². The van der Waals surface area contributed by atoms with E-state index in [2.05, 4.69) is 31.3 Å². The molecule has 0 aliphatic heterocycles. The highest BCUT2D eigenvalue weighted by molar-refractivity contribution is 7.85. The number of allylic oxidation sites excluding steroid dienone is 3. The molecule has 0 aliphatic rings. The monoisotopic (exact) mass is 573 g/mol. The van der Waals surface area contributed by atoms with Gasteiger partial charge >= 0.3 is 0 Å². The maximum Gasteiger partial charge on any atom is 0.267 e. The minimum atomic E-state index is -4.43. The van der Waals surface area contributed by atoms with Crippen molar-refractivity contribution in [2.24, 2.45) is 0 Å². The van der Waals surface area contributed by atoms with Crippen molar-refractivity contribution < 1.29 is 28.0 Å². The first-order valence-corrected chi connectivity index (χ1v) is 17.3. The minimum Gasteiger partial charge on any atom is -0.387 e. The van der Waals surface area contributed by atoms with Gasteiger partial charge in [-0.15, -0.1) is 0 Å². The third kappa shape index (κ3) is 25.5. The van der Waals surface area contributed by atoms with Gasteiger partial charge in [0, 0.05) is 0 Å². The Kier molecular flexibility index (Phi) is 24.9. The number of rotatable bonds is 27. The molecule has 0 aliphatic carbocycles. The minimum absolute atomic E-state index is 0.276. The van der Waals surface area contributed by atoms with E-state index in [0.717, 1.165) is 32.1 Å². The van der Waals surface area contributed by atoms with Crippen LogP contribution in [-0.4, -0.2) is 53.1 Å². The molecule has 0 aromatic carbocycles. The number of aliphatic hydroxyl groups excluding tert-OH is 2. The molecule has 1 amide bonds. The highest BCUT2D eigenvalue weighted by Gasteiger charge is 2.27. The molecule has 0 rings (SSSR count). The van der Waals surface area contributed by atoms with Crippen LogP contribution in [0.4, 0.5) is 0 Å². The third-order valence-electron chi connectivity index (χ3n) is 6.99. The van der Waals surface area contributed by atoms with Gasteiger partial charge in [0.1, 0.15) is 6.10 Å². The van der Waals surface area contributed by atoms with Crippen LogP contribution in [0.1, 0.15) is 142 Å². The van der Waals surface area contributed by atoms with Gasteiger partial charge in [0.25, 0.3) is 10.1 Å². The van der Waals surface area contributed by atoms with Crippen LogP contribution in [0.5, 0.6) is 0 Å². The Labute approximate surface area is 239 Å². The van der Waals surface area contributed by atoms with Crippen LogP contribution in [0.2, 0.25) is 0 Å². The summed E-state index contributed by atoms with van der Waals surface area (Å²) in [5.74, 6) is -1.56. The number of hydrogen-bond acceptors (Lipinski definition) is 5. The smallest absolute Gasteiger partial charge is 0.267 e. The SMILES string of the molecule is CCCCCC/C=C/CC/C=C/C(O)C(CS(=O)(=O)O)NC(=O)C(O)CCCCCCCCCCCCCC. The van der Waals surface area contributed by atoms with Crippen LogP contribution in [0.25, 0.3) is 0 Å². The summed E-state index contributed by atoms with van der Waals surface area (Å²) in [7, 11) is -4.43. The van der Waals surface area contributed by atoms with Crippen LogP contribution in [-0.2, 0) is 14.9 Å². The molecule has 4 N–H and O–H groups in total. The summed E-state index contributed by atoms with van der Waals surface area (Å²) in [6, 6.07) is -1.24. The quantitative estimate of drug-likeness (QED) is 0.0475. The van der Waals surface area contributed by atoms with E-state index in [1.807, 2.05) is 0 Å². The molecular weight excluding hydrogens is 514 g/mol. The predicted octanol–water partition coefficient (Wildman–Crippen LogP) is 7.04. The number of carbonyl (C=O) groups excluding carboxylic acids is 1. The summed E-state index contributed by atoms with van der Waals surface area (Å²) in [6.07, 6.45) is 26.7. The first-order valence-electron chi connectivity index (χ1n) is 15.6. The van der Waals surface area contributed by atoms with Crippen molar-refractivity contribution in [3.63, 3.8) is 0 Å². The molecule has 39 heavy (non-hydrogen) atoms. The van der Waals surface area contributed by atoms with Gasteiger partial charge in [-0.05, 0) is 32.1 Å². The lowest BCUT2D eigenvalue weighted by Gasteiger charge is -2.22. The van der Waals surface area contributed by atoms with Crippen molar-refractivity contribution in [1.29, 1.82) is 0 Å². The Morgan fingerprint density at radius 1 is 0.692 bits per heavy atom. The zero-order valence-electron chi connectivity index (χ0n) is 24.9. The van der Waals surface area contributed by atoms with E-state index in [0.29, 0.717) is 12.8 Å². The Hall–Kier alpha value is -1.22. The summed E-state index contributed by atoms with van der Waals surface area (Å²) in [4.78, 5) is 12.4. The van der Waals surface area contributed by atoms with E-state index in [-0.39, 0.29) is 6.42 Å². The maximum absolute atomic E-state index is 12.4. The van der Waals surface area contributed by atoms with Crippen molar-refractivity contribution in [1.82, 2.24) is 5.32 Å². The second-order valence-corrected chi connectivity index (χ2v) is 12.4. The molecule has 8 heteroatoms. The van der Waals surface area contributed by atoms with Crippen LogP contribution in [0.15, 0.2) is 24.3 Å². The lowest BCUT2D eigenvalue weighted by atomic mass is 10.0. The van der Waals surface area contributed by atoms with E-state index >= 15 is 0 Å². The van der Waals surface area contributed by atoms with Gasteiger partial charge in [-0.25, -0.2) is 0 Å². The summed E-state index contributed by atoms with van der Waals surface area (Å²) in [5, 5.41) is 23.1. The average molecular weight is 574 g/mol. The fourth-order valence-corrected chi connectivity index (χ4v) is 5.26. The molecule has 0 spiro atoms. The average Bonchev–Trinajstić information content (AvgIpc) is 2.88. The normalized spacial score (nSPS) is 14.7. The molecule has 0 fully saturated rings. The van der Waals surface area contributed by atoms with Crippen LogP contribution in [0, 0.1) is 0 Å². The lowest BCUT2D eigenvalue weighted by molar-refractivity contribution is -0.130. The van der Waals surface area contributed by atoms with Crippen molar-refractivity contribution in [2.45, 2.75) is 161 Å². The first kappa shape index (κ1) is 37.8. The van der Waals surface area contributed by atoms with Gasteiger partial charge in [0.2, 0.25) is 5.91 Å². The fourth-order valence-electron chi connectivity index (χ4n) is 4.53. The molecule has 7 nitrogen and oxygen atoms in total. The van der Waals surface area contributed by atoms with Gasteiger partial charge in [-0.2, -0.15) is 8.42 Å². The number of hydrogen-bond donors (Lipinski definition) is 4. The first-order chi connectivity index (χ1) is 18.7. The highest BCUT2D eigenvalue weighted by Crippen LogP contribution is 2.13. The number of nitrogens with one attached hydrogen (secondary N) is 1. The van der Waals surface area contributed by atoms with Crippen molar-refractivity contribution in [2.75, 3.05) is 5.75 Å². The number of aliphatic hydroxyl groups is 2. The zero-order chi connectivity index (χ0) is 29.2. The van der Waals surface area contributed by atoms with Crippen molar-refractivity contribution in [3.8, 4) is 0 Å². The molecule has 230 valence electrons. The lowest BCUT2D eigenvalue weighted by Crippen LogP contribution is -2.50. The molecule has 3 atom stereocenters. The fraction of sp³-hybridized carbons (Fsp3) is 0.839. The molecule has 0 saturated heterocycles. The molecule has 0 aromatic rings. The largest absolute Gasteiger partial charge is 0.387 e. The molecule has 0 saturated carbocycles. The van der Waals surface area contributed by atoms with Crippen LogP contribution >= 0.6 is 0 Å². The van der Waals surface area contributed by atoms with E-state index in [1.165, 1.54) is 83.1 Å². The standard InChI is InChI=1S/C31H59NO6S/c1-3-5-7-9-11-13-15-16-18-20-22-24-26-30(34)31(35)32-28(27-39(36,37)38)29(33)25-23-21-19-17-14-12-10-8-6-4-2/h14,17,23,25,28-30,33-34H,3-13,15-16,18-22,24,26-27H2,1-2H3,(H,32,35)(H,36,37,38)/b17-14+,25-23+. The number of carbonyl (C=O) groups is 1. The Balaban J connectivity index is 4.27. The van der Waals surface area contributed by atoms with Crippen LogP contribution in [0.3, 0.4) is 0 Å². The second kappa shape index (κ2) is 25.7. The van der Waals surface area contributed by atoms with E-state index in [4.69, 9.17) is 0 Å². The predicted molar refractivity (Wildman–Crippen MR) is 162 cm³/mol. The number of unbranched alkanes of at least 4 members (excludes halogenated alkanes) is 16. The van der Waals surface area contributed by atoms with Gasteiger partial charge in [-0.3, -0.25) is 9.35 Å². The summed E-state index contributed by atoms with van der Waals surface area (Å²) < 4.78 is 32.1. The highest BCUT2D eigenvalue weighted by atomic mass is 32.2. The van der Waals surface area contributed by atoms with Crippen molar-refractivity contribution in [3.05, 3.63) is 24.3 Å². The Morgan fingerprint density at radius 2 is 1.15 bits per heavy atom. The topological polar surface area (TPSA) is 124 Å². The summed E-state index contributed by atoms with van der Waals surface area (Å²) in [5.41, 5.74) is 0. The Morgan fingerprint density at radius 3 is 1.69 bits per heavy atom. The van der Waals surface area contributed by atoms with Gasteiger partial charge < -0.3 is 15.5 Å². The van der Waals surface area contributed by atoms with E-state index < -0.39 is 40.0 Å². The third-order valence-corrected chi connectivity index (χ3v) is 7.77. The molecular formula is C31H59NO6S. The van der Waals surface area contributed by atoms with Gasteiger partial charge in [-0.1, -0.05) is 134 Å². The second-order valence-electron chi connectivity index (χ2n) is 10.9. The molecule has 0 radical (unpaired) electrons. The van der Waals surface area contributed by atoms with Crippen molar-refractivity contribution >= 4 is 16.0 Å². The number of amides is 1. The zero-order valence-corrected chi connectivity index (χ0v) is 25.7. The summed E-state index contributed by atoms with van der Waals surface area (Å²) >= 11 is 0. The van der Waals surface area contributed by atoms with Gasteiger partial charge in [0.05, 0.1) is 17.9 Å². The summed E-state index contributed by atoms with van der Waals surface area (Å²) in [6.45, 7) is 4.41. The Bertz CT molecular complexity index is 737. The maximum atomic E-state index is 12.4. The van der Waals surface area contributed by atoms with Gasteiger partial charge in [0.15, 0.2) is 0 Å².